The van der Waals surface area contributed by atoms with Crippen molar-refractivity contribution in [1.82, 2.24) is 4.90 Å². The van der Waals surface area contributed by atoms with E-state index in [1.165, 1.54) is 0 Å². The molecule has 0 heterocycles. The Morgan fingerprint density at radius 2 is 1.45 bits per heavy atom. The Morgan fingerprint density at radius 1 is 0.950 bits per heavy atom. The molecule has 114 valence electrons. The smallest absolute Gasteiger partial charge is 0.0900 e. The molecule has 0 aliphatic carbocycles. The van der Waals surface area contributed by atoms with Crippen molar-refractivity contribution in [3.8, 4) is 0 Å². The van der Waals surface area contributed by atoms with Crippen LogP contribution in [0.2, 0.25) is 0 Å². The van der Waals surface area contributed by atoms with Gasteiger partial charge in [0.1, 0.15) is 0 Å². The van der Waals surface area contributed by atoms with E-state index in [9.17, 15) is 10.2 Å². The van der Waals surface area contributed by atoms with Gasteiger partial charge < -0.3 is 19.7 Å². The lowest BCUT2D eigenvalue weighted by Crippen LogP contribution is -2.40. The van der Waals surface area contributed by atoms with Gasteiger partial charge in [-0.1, -0.05) is 30.3 Å². The summed E-state index contributed by atoms with van der Waals surface area (Å²) in [4.78, 5) is 2.00. The van der Waals surface area contributed by atoms with Gasteiger partial charge in [0, 0.05) is 33.9 Å². The average Bonchev–Trinajstić information content (AvgIpc) is 2.40. The Morgan fingerprint density at radius 3 is 1.90 bits per heavy atom. The Bertz CT molecular complexity index is 333. The summed E-state index contributed by atoms with van der Waals surface area (Å²) in [5, 5.41) is 19.7. The molecule has 1 aromatic carbocycles. The largest absolute Gasteiger partial charge is 0.389 e. The molecule has 0 fully saturated rings. The number of hydrogen-bond acceptors (Lipinski definition) is 5. The van der Waals surface area contributed by atoms with Crippen LogP contribution in [0.25, 0.3) is 0 Å². The van der Waals surface area contributed by atoms with Crippen LogP contribution >= 0.6 is 0 Å². The molecule has 0 amide bonds. The van der Waals surface area contributed by atoms with Crippen molar-refractivity contribution in [2.75, 3.05) is 40.5 Å². The Hall–Kier alpha value is -0.980. The SMILES string of the molecule is COCC(O)CN(Cc1ccccc1)CC(O)COC. The fourth-order valence-corrected chi connectivity index (χ4v) is 2.13. The summed E-state index contributed by atoms with van der Waals surface area (Å²) in [6, 6.07) is 9.97. The van der Waals surface area contributed by atoms with E-state index in [4.69, 9.17) is 9.47 Å². The Balaban J connectivity index is 2.58. The highest BCUT2D eigenvalue weighted by Gasteiger charge is 2.16. The van der Waals surface area contributed by atoms with Gasteiger partial charge in [-0.2, -0.15) is 0 Å². The lowest BCUT2D eigenvalue weighted by Gasteiger charge is -2.27. The maximum Gasteiger partial charge on any atom is 0.0900 e. The minimum Gasteiger partial charge on any atom is -0.389 e. The molecule has 1 rings (SSSR count). The van der Waals surface area contributed by atoms with Gasteiger partial charge in [0.15, 0.2) is 0 Å². The molecule has 20 heavy (non-hydrogen) atoms. The first-order valence-corrected chi connectivity index (χ1v) is 6.76. The molecule has 5 heteroatoms. The van der Waals surface area contributed by atoms with E-state index in [-0.39, 0.29) is 13.2 Å². The first-order valence-electron chi connectivity index (χ1n) is 6.76. The zero-order valence-electron chi connectivity index (χ0n) is 12.2. The van der Waals surface area contributed by atoms with Crippen molar-refractivity contribution in [2.24, 2.45) is 0 Å². The van der Waals surface area contributed by atoms with Crippen LogP contribution in [0.4, 0.5) is 0 Å². The van der Waals surface area contributed by atoms with Crippen molar-refractivity contribution in [3.63, 3.8) is 0 Å². The van der Waals surface area contributed by atoms with E-state index in [0.717, 1.165) is 5.56 Å². The molecular formula is C15H25NO4. The van der Waals surface area contributed by atoms with Crippen LogP contribution in [0.5, 0.6) is 0 Å². The highest BCUT2D eigenvalue weighted by molar-refractivity contribution is 5.14. The molecule has 0 bridgehead atoms. The van der Waals surface area contributed by atoms with E-state index >= 15 is 0 Å². The van der Waals surface area contributed by atoms with Crippen LogP contribution in [-0.2, 0) is 16.0 Å². The highest BCUT2D eigenvalue weighted by Crippen LogP contribution is 2.06. The maximum absolute atomic E-state index is 9.86. The third-order valence-electron chi connectivity index (χ3n) is 2.91. The van der Waals surface area contributed by atoms with Crippen molar-refractivity contribution < 1.29 is 19.7 Å². The molecule has 2 atom stereocenters. The van der Waals surface area contributed by atoms with Crippen LogP contribution in [0.15, 0.2) is 30.3 Å². The Kier molecular flexibility index (Phi) is 8.41. The summed E-state index contributed by atoms with van der Waals surface area (Å²) in [5.41, 5.74) is 1.14. The Labute approximate surface area is 120 Å². The van der Waals surface area contributed by atoms with Gasteiger partial charge in [-0.15, -0.1) is 0 Å². The van der Waals surface area contributed by atoms with E-state index in [1.54, 1.807) is 14.2 Å². The number of rotatable bonds is 10. The van der Waals surface area contributed by atoms with Gasteiger partial charge in [0.2, 0.25) is 0 Å². The van der Waals surface area contributed by atoms with Crippen molar-refractivity contribution >= 4 is 0 Å². The molecule has 0 radical (unpaired) electrons. The average molecular weight is 283 g/mol. The van der Waals surface area contributed by atoms with Crippen molar-refractivity contribution in [3.05, 3.63) is 35.9 Å². The second-order valence-corrected chi connectivity index (χ2v) is 4.90. The van der Waals surface area contributed by atoms with Crippen molar-refractivity contribution in [1.29, 1.82) is 0 Å². The van der Waals surface area contributed by atoms with Gasteiger partial charge >= 0.3 is 0 Å². The predicted molar refractivity (Wildman–Crippen MR) is 77.5 cm³/mol. The van der Waals surface area contributed by atoms with Crippen LogP contribution in [0, 0.1) is 0 Å². The first-order chi connectivity index (χ1) is 9.65. The monoisotopic (exact) mass is 283 g/mol. The molecule has 2 unspecified atom stereocenters. The van der Waals surface area contributed by atoms with Gasteiger partial charge in [-0.25, -0.2) is 0 Å². The summed E-state index contributed by atoms with van der Waals surface area (Å²) >= 11 is 0. The lowest BCUT2D eigenvalue weighted by atomic mass is 10.2. The number of methoxy groups -OCH3 is 2. The lowest BCUT2D eigenvalue weighted by molar-refractivity contribution is 0.00402. The summed E-state index contributed by atoms with van der Waals surface area (Å²) in [6.45, 7) is 2.13. The standard InChI is InChI=1S/C15H25NO4/c1-19-11-14(17)9-16(10-15(18)12-20-2)8-13-6-4-3-5-7-13/h3-7,14-15,17-18H,8-12H2,1-2H3. The number of aliphatic hydroxyl groups excluding tert-OH is 2. The van der Waals surface area contributed by atoms with E-state index in [2.05, 4.69) is 0 Å². The third-order valence-corrected chi connectivity index (χ3v) is 2.91. The molecule has 5 nitrogen and oxygen atoms in total. The molecule has 0 aliphatic heterocycles. The van der Waals surface area contributed by atoms with E-state index in [0.29, 0.717) is 19.6 Å². The minimum absolute atomic E-state index is 0.283. The van der Waals surface area contributed by atoms with Crippen molar-refractivity contribution in [2.45, 2.75) is 18.8 Å². The van der Waals surface area contributed by atoms with Crippen LogP contribution in [0.3, 0.4) is 0 Å². The zero-order valence-corrected chi connectivity index (χ0v) is 12.2. The van der Waals surface area contributed by atoms with Gasteiger partial charge in [-0.3, -0.25) is 4.90 Å². The minimum atomic E-state index is -0.571. The summed E-state index contributed by atoms with van der Waals surface area (Å²) in [5.74, 6) is 0. The van der Waals surface area contributed by atoms with Crippen LogP contribution < -0.4 is 0 Å². The molecule has 2 N–H and O–H groups in total. The van der Waals surface area contributed by atoms with E-state index < -0.39 is 12.2 Å². The van der Waals surface area contributed by atoms with E-state index in [1.807, 2.05) is 35.2 Å². The summed E-state index contributed by atoms with van der Waals surface area (Å²) in [6.07, 6.45) is -1.14. The number of nitrogens with zero attached hydrogens (tertiary/aromatic N) is 1. The highest BCUT2D eigenvalue weighted by atomic mass is 16.5. The fraction of sp³-hybridized carbons (Fsp3) is 0.600. The zero-order chi connectivity index (χ0) is 14.8. The molecule has 0 aromatic heterocycles. The third kappa shape index (κ3) is 6.98. The number of benzene rings is 1. The fourth-order valence-electron chi connectivity index (χ4n) is 2.13. The molecule has 1 aromatic rings. The van der Waals surface area contributed by atoms with Gasteiger partial charge in [-0.05, 0) is 5.56 Å². The van der Waals surface area contributed by atoms with Crippen LogP contribution in [-0.4, -0.2) is 67.8 Å². The first kappa shape index (κ1) is 17.1. The number of aliphatic hydroxyl groups is 2. The molecule has 0 spiro atoms. The number of hydrogen-bond donors (Lipinski definition) is 2. The van der Waals surface area contributed by atoms with Crippen LogP contribution in [0.1, 0.15) is 5.56 Å². The summed E-state index contributed by atoms with van der Waals surface area (Å²) in [7, 11) is 3.12. The second-order valence-electron chi connectivity index (χ2n) is 4.90. The molecule has 0 saturated heterocycles. The molecule has 0 aliphatic rings. The quantitative estimate of drug-likeness (QED) is 0.655. The van der Waals surface area contributed by atoms with Gasteiger partial charge in [0.25, 0.3) is 0 Å². The normalized spacial score (nSPS) is 14.4. The van der Waals surface area contributed by atoms with Gasteiger partial charge in [0.05, 0.1) is 25.4 Å². The molecule has 0 saturated carbocycles. The second kappa shape index (κ2) is 9.85. The predicted octanol–water partition coefficient (Wildman–Crippen LogP) is 0.503. The molecular weight excluding hydrogens is 258 g/mol. The maximum atomic E-state index is 9.86. The number of ether oxygens (including phenoxy) is 2. The summed E-state index contributed by atoms with van der Waals surface area (Å²) < 4.78 is 9.89. The topological polar surface area (TPSA) is 62.2 Å².